The molecule has 0 N–H and O–H groups in total. The van der Waals surface area contributed by atoms with Gasteiger partial charge in [-0.2, -0.15) is 24.3 Å². The summed E-state index contributed by atoms with van der Waals surface area (Å²) in [5, 5.41) is 3.99. The first-order valence-electron chi connectivity index (χ1n) is 13.5. The van der Waals surface area contributed by atoms with E-state index in [2.05, 4.69) is 138 Å². The Morgan fingerprint density at radius 1 is 0.610 bits per heavy atom. The largest absolute Gasteiger partial charge is 2.00 e. The molecule has 0 aliphatic carbocycles. The minimum Gasteiger partial charge on any atom is -0.482 e. The van der Waals surface area contributed by atoms with Crippen LogP contribution < -0.4 is 20.8 Å². The second-order valence-electron chi connectivity index (χ2n) is 9.40. The molecule has 2 nitrogen and oxygen atoms in total. The molecule has 4 heteroatoms. The Balaban J connectivity index is 0.000000510. The van der Waals surface area contributed by atoms with E-state index >= 15 is 0 Å². The molecule has 1 atom stereocenters. The number of hydrogen-bond donors (Lipinski definition) is 0. The monoisotopic (exact) mass is 591 g/mol. The van der Waals surface area contributed by atoms with Crippen LogP contribution in [-0.2, 0) is 21.8 Å². The molecule has 0 bridgehead atoms. The molecule has 1 aliphatic heterocycles. The number of anilines is 1. The summed E-state index contributed by atoms with van der Waals surface area (Å²) < 4.78 is 6.47. The zero-order valence-corrected chi connectivity index (χ0v) is 24.5. The molecule has 0 spiro atoms. The number of rotatable bonds is 6. The van der Waals surface area contributed by atoms with E-state index in [0.717, 1.165) is 16.9 Å². The summed E-state index contributed by atoms with van der Waals surface area (Å²) in [6.45, 7) is 0. The van der Waals surface area contributed by atoms with Crippen LogP contribution in [0.1, 0.15) is 17.4 Å². The smallest absolute Gasteiger partial charge is 0.482 e. The van der Waals surface area contributed by atoms with E-state index in [9.17, 15) is 0 Å². The molecule has 0 saturated heterocycles. The van der Waals surface area contributed by atoms with Crippen molar-refractivity contribution in [3.05, 3.63) is 187 Å². The Morgan fingerprint density at radius 3 is 1.68 bits per heavy atom. The van der Waals surface area contributed by atoms with Crippen LogP contribution in [0, 0.1) is 0 Å². The van der Waals surface area contributed by atoms with E-state index in [0.29, 0.717) is 0 Å². The van der Waals surface area contributed by atoms with Crippen LogP contribution in [0.25, 0.3) is 5.70 Å². The van der Waals surface area contributed by atoms with Crippen molar-refractivity contribution in [3.8, 4) is 0 Å². The van der Waals surface area contributed by atoms with Crippen LogP contribution in [0.4, 0.5) is 5.69 Å². The summed E-state index contributed by atoms with van der Waals surface area (Å²) >= 11 is 0. The van der Waals surface area contributed by atoms with Crippen molar-refractivity contribution < 1.29 is 21.8 Å². The molecule has 41 heavy (non-hydrogen) atoms. The molecule has 0 radical (unpaired) electrons. The van der Waals surface area contributed by atoms with Gasteiger partial charge in [0.05, 0.1) is 5.70 Å². The predicted molar refractivity (Wildman–Crippen MR) is 170 cm³/mol. The Labute approximate surface area is 254 Å². The fourth-order valence-electron chi connectivity index (χ4n) is 5.00. The summed E-state index contributed by atoms with van der Waals surface area (Å²) in [7, 11) is -0.732. The molecule has 1 aliphatic rings. The third kappa shape index (κ3) is 6.45. The Morgan fingerprint density at radius 2 is 1.15 bits per heavy atom. The molecular weight excluding hydrogens is 561 g/mol. The van der Waals surface area contributed by atoms with Gasteiger partial charge in [-0.25, -0.2) is 24.3 Å². The number of benzene rings is 4. The average Bonchev–Trinajstić information content (AvgIpc) is 3.83. The second-order valence-corrected chi connectivity index (χ2v) is 11.6. The maximum absolute atomic E-state index is 6.47. The van der Waals surface area contributed by atoms with Gasteiger partial charge in [0.25, 0.3) is 0 Å². The molecule has 0 amide bonds. The molecular formula is C37H30FeNOP. The Kier molecular flexibility index (Phi) is 9.68. The van der Waals surface area contributed by atoms with Crippen molar-refractivity contribution in [2.45, 2.75) is 6.23 Å². The van der Waals surface area contributed by atoms with Gasteiger partial charge in [-0.05, 0) is 30.7 Å². The number of hydrogen-bond acceptors (Lipinski definition) is 2. The molecule has 0 fully saturated rings. The van der Waals surface area contributed by atoms with Crippen LogP contribution in [0.3, 0.4) is 0 Å². The standard InChI is InChI=1S/C32H25NOP.C5H5.Fe/c1-5-14-25(15-6-1)30-24-34-32(33(30)26-16-7-2-8-17-26)29-22-13-23-31(29)35(27-18-9-3-10-19-27)28-20-11-4-12-21-28;1-2-4-5-3-1;/h1-24,32H;1-5H;/q2*-1;+2. The van der Waals surface area contributed by atoms with Crippen molar-refractivity contribution in [1.29, 1.82) is 0 Å². The van der Waals surface area contributed by atoms with Gasteiger partial charge in [-0.1, -0.05) is 115 Å². The molecule has 202 valence electrons. The SMILES string of the molecule is C1=C(c2ccccc2)N(c2ccccc2)C([c-]2cccc2P(c2ccccc2)c2ccccc2)O1.[Fe+2].c1cc[cH-]c1. The van der Waals surface area contributed by atoms with Crippen LogP contribution in [-0.4, -0.2) is 0 Å². The molecule has 0 aromatic heterocycles. The summed E-state index contributed by atoms with van der Waals surface area (Å²) in [6, 6.07) is 59.3. The van der Waals surface area contributed by atoms with E-state index in [4.69, 9.17) is 4.74 Å². The zero-order chi connectivity index (χ0) is 27.0. The topological polar surface area (TPSA) is 12.5 Å². The van der Waals surface area contributed by atoms with Crippen molar-refractivity contribution in [3.63, 3.8) is 0 Å². The molecule has 6 aromatic rings. The summed E-state index contributed by atoms with van der Waals surface area (Å²) in [5.74, 6) is 0. The number of para-hydroxylation sites is 1. The minimum absolute atomic E-state index is 0. The molecule has 0 saturated carbocycles. The van der Waals surface area contributed by atoms with Gasteiger partial charge in [0.15, 0.2) is 6.23 Å². The van der Waals surface area contributed by atoms with E-state index < -0.39 is 7.92 Å². The second kappa shape index (κ2) is 14.0. The normalized spacial score (nSPS) is 13.9. The molecule has 6 aromatic carbocycles. The third-order valence-corrected chi connectivity index (χ3v) is 9.34. The Bertz CT molecular complexity index is 1560. The van der Waals surface area contributed by atoms with Gasteiger partial charge in [0, 0.05) is 11.3 Å². The van der Waals surface area contributed by atoms with Gasteiger partial charge < -0.3 is 9.64 Å². The van der Waals surface area contributed by atoms with E-state index in [-0.39, 0.29) is 23.3 Å². The van der Waals surface area contributed by atoms with Gasteiger partial charge in [-0.3, -0.25) is 0 Å². The summed E-state index contributed by atoms with van der Waals surface area (Å²) in [5.41, 5.74) is 4.52. The van der Waals surface area contributed by atoms with Gasteiger partial charge in [0.1, 0.15) is 6.26 Å². The first-order valence-corrected chi connectivity index (χ1v) is 14.8. The van der Waals surface area contributed by atoms with E-state index in [1.54, 1.807) is 0 Å². The quantitative estimate of drug-likeness (QED) is 0.110. The maximum atomic E-state index is 6.47. The van der Waals surface area contributed by atoms with E-state index in [1.807, 2.05) is 42.7 Å². The van der Waals surface area contributed by atoms with Gasteiger partial charge >= 0.3 is 17.1 Å². The fourth-order valence-corrected chi connectivity index (χ4v) is 7.48. The third-order valence-electron chi connectivity index (χ3n) is 6.82. The summed E-state index contributed by atoms with van der Waals surface area (Å²) in [4.78, 5) is 2.32. The summed E-state index contributed by atoms with van der Waals surface area (Å²) in [6.07, 6.45) is 1.67. The number of ether oxygens (including phenoxy) is 1. The Hall–Kier alpha value is -4.13. The van der Waals surface area contributed by atoms with Crippen molar-refractivity contribution in [2.75, 3.05) is 4.90 Å². The first-order chi connectivity index (χ1) is 19.9. The van der Waals surface area contributed by atoms with Gasteiger partial charge in [-0.15, -0.1) is 5.30 Å². The van der Waals surface area contributed by atoms with Crippen molar-refractivity contribution >= 4 is 35.2 Å². The van der Waals surface area contributed by atoms with Crippen LogP contribution in [0.2, 0.25) is 0 Å². The molecule has 7 rings (SSSR count). The van der Waals surface area contributed by atoms with Crippen molar-refractivity contribution in [1.82, 2.24) is 0 Å². The first kappa shape index (κ1) is 28.4. The minimum atomic E-state index is -0.732. The van der Waals surface area contributed by atoms with Crippen molar-refractivity contribution in [2.24, 2.45) is 0 Å². The molecule has 1 heterocycles. The zero-order valence-electron chi connectivity index (χ0n) is 22.5. The number of nitrogens with zero attached hydrogens (tertiary/aromatic N) is 1. The predicted octanol–water partition coefficient (Wildman–Crippen LogP) is 8.10. The fraction of sp³-hybridized carbons (Fsp3) is 0.0270. The van der Waals surface area contributed by atoms with Crippen LogP contribution in [0.15, 0.2) is 176 Å². The van der Waals surface area contributed by atoms with E-state index in [1.165, 1.54) is 21.5 Å². The molecule has 1 unspecified atom stereocenters. The van der Waals surface area contributed by atoms with Crippen LogP contribution >= 0.6 is 7.92 Å². The van der Waals surface area contributed by atoms with Gasteiger partial charge in [0.2, 0.25) is 0 Å². The van der Waals surface area contributed by atoms with Crippen LogP contribution in [0.5, 0.6) is 0 Å². The average molecular weight is 591 g/mol. The maximum Gasteiger partial charge on any atom is 2.00 e.